The minimum atomic E-state index is -4.69. The van der Waals surface area contributed by atoms with Gasteiger partial charge >= 0.3 is 6.18 Å². The van der Waals surface area contributed by atoms with Gasteiger partial charge in [-0.15, -0.1) is 0 Å². The first-order chi connectivity index (χ1) is 19.2. The van der Waals surface area contributed by atoms with Gasteiger partial charge in [-0.2, -0.15) is 13.2 Å². The van der Waals surface area contributed by atoms with Crippen molar-refractivity contribution in [1.29, 1.82) is 0 Å². The van der Waals surface area contributed by atoms with Gasteiger partial charge in [0.2, 0.25) is 0 Å². The molecule has 2 atom stereocenters. The Morgan fingerprint density at radius 3 is 2.33 bits per heavy atom. The lowest BCUT2D eigenvalue weighted by Crippen LogP contribution is -2.44. The molecular weight excluding hydrogens is 562 g/mol. The third kappa shape index (κ3) is 6.54. The summed E-state index contributed by atoms with van der Waals surface area (Å²) in [5.41, 5.74) is 3.24. The molecule has 4 rings (SSSR count). The van der Waals surface area contributed by atoms with Crippen molar-refractivity contribution in [3.63, 3.8) is 0 Å². The van der Waals surface area contributed by atoms with Crippen LogP contribution in [-0.4, -0.2) is 31.6 Å². The summed E-state index contributed by atoms with van der Waals surface area (Å²) in [6, 6.07) is 2.32. The van der Waals surface area contributed by atoms with E-state index in [0.29, 0.717) is 43.4 Å². The second-order valence-corrected chi connectivity index (χ2v) is 19.2. The van der Waals surface area contributed by atoms with Crippen molar-refractivity contribution >= 4 is 13.9 Å². The average Bonchev–Trinajstić information content (AvgIpc) is 2.85. The summed E-state index contributed by atoms with van der Waals surface area (Å²) in [5.74, 6) is -1.24. The standard InChI is InChI=1S/C33H45F4NO3Si/c1-19(2)29-28(30(39)22-11-10-21(16-23(22)34)33(35,36)37)26(20-12-14-40-15-13-20)27-24(38-29)17-32(6,7)18-25(27)41-42(8,9)31(3,4)5/h10-12,16,19,25,30,39H,13-15,17-18H2,1-9H3/t25?,30-/m1/s1. The zero-order valence-corrected chi connectivity index (χ0v) is 27.3. The molecule has 42 heavy (non-hydrogen) atoms. The summed E-state index contributed by atoms with van der Waals surface area (Å²) in [4.78, 5) is 5.15. The molecule has 1 N–H and O–H groups in total. The van der Waals surface area contributed by atoms with E-state index in [4.69, 9.17) is 14.1 Å². The van der Waals surface area contributed by atoms with Crippen LogP contribution in [0.3, 0.4) is 0 Å². The molecule has 0 saturated carbocycles. The Bertz CT molecular complexity index is 1360. The minimum absolute atomic E-state index is 0.0517. The van der Waals surface area contributed by atoms with Gasteiger partial charge in [-0.25, -0.2) is 4.39 Å². The fourth-order valence-electron chi connectivity index (χ4n) is 5.82. The third-order valence-electron chi connectivity index (χ3n) is 9.06. The van der Waals surface area contributed by atoms with E-state index in [2.05, 4.69) is 47.7 Å². The molecule has 1 aliphatic heterocycles. The van der Waals surface area contributed by atoms with Crippen molar-refractivity contribution in [2.24, 2.45) is 5.41 Å². The summed E-state index contributed by atoms with van der Waals surface area (Å²) >= 11 is 0. The van der Waals surface area contributed by atoms with E-state index < -0.39 is 32.0 Å². The maximum atomic E-state index is 15.4. The van der Waals surface area contributed by atoms with E-state index in [9.17, 15) is 18.3 Å². The van der Waals surface area contributed by atoms with Gasteiger partial charge in [-0.05, 0) is 72.0 Å². The molecule has 2 aliphatic rings. The molecule has 9 heteroatoms. The normalized spacial score (nSPS) is 20.4. The molecule has 0 spiro atoms. The Morgan fingerprint density at radius 2 is 1.81 bits per heavy atom. The number of rotatable bonds is 6. The molecule has 0 bridgehead atoms. The lowest BCUT2D eigenvalue weighted by molar-refractivity contribution is -0.137. The lowest BCUT2D eigenvalue weighted by atomic mass is 9.71. The predicted molar refractivity (Wildman–Crippen MR) is 160 cm³/mol. The van der Waals surface area contributed by atoms with Crippen molar-refractivity contribution in [3.8, 4) is 0 Å². The molecule has 2 aromatic rings. The Morgan fingerprint density at radius 1 is 1.14 bits per heavy atom. The number of aliphatic hydroxyl groups is 1. The molecule has 0 radical (unpaired) electrons. The number of fused-ring (bicyclic) bond motifs is 1. The van der Waals surface area contributed by atoms with Gasteiger partial charge in [0, 0.05) is 28.1 Å². The zero-order chi connectivity index (χ0) is 31.4. The Labute approximate surface area is 248 Å². The van der Waals surface area contributed by atoms with Crippen molar-refractivity contribution in [3.05, 3.63) is 69.3 Å². The highest BCUT2D eigenvalue weighted by Gasteiger charge is 2.45. The largest absolute Gasteiger partial charge is 0.416 e. The molecule has 232 valence electrons. The second kappa shape index (κ2) is 11.5. The third-order valence-corrected chi connectivity index (χ3v) is 13.5. The predicted octanol–water partition coefficient (Wildman–Crippen LogP) is 9.28. The Hall–Kier alpha value is -2.07. The molecule has 4 nitrogen and oxygen atoms in total. The SMILES string of the molecule is CC(C)c1nc2c(c(C3=CCOCC3)c1[C@H](O)c1ccc(C(F)(F)F)cc1F)C(O[Si](C)(C)C(C)(C)C)CC(C)(C)C2. The van der Waals surface area contributed by atoms with Gasteiger partial charge < -0.3 is 14.3 Å². The molecule has 1 aliphatic carbocycles. The van der Waals surface area contributed by atoms with Gasteiger partial charge in [0.15, 0.2) is 8.32 Å². The van der Waals surface area contributed by atoms with Crippen LogP contribution in [0, 0.1) is 11.2 Å². The minimum Gasteiger partial charge on any atom is -0.410 e. The first kappa shape index (κ1) is 32.8. The number of aliphatic hydroxyl groups excluding tert-OH is 1. The number of nitrogens with zero attached hydrogens (tertiary/aromatic N) is 1. The van der Waals surface area contributed by atoms with E-state index in [0.717, 1.165) is 40.9 Å². The molecule has 0 saturated heterocycles. The fourth-order valence-corrected chi connectivity index (χ4v) is 7.09. The van der Waals surface area contributed by atoms with E-state index in [-0.39, 0.29) is 28.0 Å². The number of halogens is 4. The zero-order valence-electron chi connectivity index (χ0n) is 26.3. The van der Waals surface area contributed by atoms with Crippen LogP contribution in [0.2, 0.25) is 18.1 Å². The smallest absolute Gasteiger partial charge is 0.410 e. The van der Waals surface area contributed by atoms with Gasteiger partial charge in [0.05, 0.1) is 24.9 Å². The van der Waals surface area contributed by atoms with Crippen molar-refractivity contribution in [2.45, 2.75) is 110 Å². The van der Waals surface area contributed by atoms with Gasteiger partial charge in [0.25, 0.3) is 0 Å². The molecule has 0 amide bonds. The van der Waals surface area contributed by atoms with Gasteiger partial charge in [-0.3, -0.25) is 4.98 Å². The number of hydrogen-bond acceptors (Lipinski definition) is 4. The van der Waals surface area contributed by atoms with E-state index in [1.165, 1.54) is 0 Å². The highest BCUT2D eigenvalue weighted by atomic mass is 28.4. The fraction of sp³-hybridized carbons (Fsp3) is 0.606. The summed E-state index contributed by atoms with van der Waals surface area (Å²) in [5, 5.41) is 11.9. The summed E-state index contributed by atoms with van der Waals surface area (Å²) in [7, 11) is -2.27. The van der Waals surface area contributed by atoms with Crippen LogP contribution in [0.1, 0.15) is 119 Å². The second-order valence-electron chi connectivity index (χ2n) is 14.4. The van der Waals surface area contributed by atoms with Crippen molar-refractivity contribution in [1.82, 2.24) is 4.98 Å². The van der Waals surface area contributed by atoms with Crippen LogP contribution in [-0.2, 0) is 21.8 Å². The average molecular weight is 608 g/mol. The van der Waals surface area contributed by atoms with Crippen molar-refractivity contribution < 1.29 is 31.8 Å². The first-order valence-corrected chi connectivity index (χ1v) is 17.7. The molecule has 1 unspecified atom stereocenters. The molecule has 2 heterocycles. The lowest BCUT2D eigenvalue weighted by Gasteiger charge is -2.45. The highest BCUT2D eigenvalue weighted by molar-refractivity contribution is 6.74. The molecular formula is C33H45F4NO3Si. The summed E-state index contributed by atoms with van der Waals surface area (Å²) < 4.78 is 68.1. The van der Waals surface area contributed by atoms with Crippen molar-refractivity contribution in [2.75, 3.05) is 13.2 Å². The molecule has 1 aromatic heterocycles. The number of benzene rings is 1. The van der Waals surface area contributed by atoms with Crippen LogP contribution in [0.15, 0.2) is 24.3 Å². The maximum Gasteiger partial charge on any atom is 0.416 e. The quantitative estimate of drug-likeness (QED) is 0.263. The Kier molecular flexibility index (Phi) is 8.95. The number of alkyl halides is 3. The Balaban J connectivity index is 2.04. The topological polar surface area (TPSA) is 51.6 Å². The number of hydrogen-bond donors (Lipinski definition) is 1. The number of ether oxygens (including phenoxy) is 1. The van der Waals surface area contributed by atoms with Crippen LogP contribution >= 0.6 is 0 Å². The van der Waals surface area contributed by atoms with Crippen LogP contribution in [0.25, 0.3) is 5.57 Å². The van der Waals surface area contributed by atoms with E-state index in [1.807, 2.05) is 19.9 Å². The van der Waals surface area contributed by atoms with Crippen LogP contribution < -0.4 is 0 Å². The van der Waals surface area contributed by atoms with E-state index >= 15 is 4.39 Å². The monoisotopic (exact) mass is 607 g/mol. The summed E-state index contributed by atoms with van der Waals surface area (Å²) in [6.45, 7) is 20.2. The molecule has 1 aromatic carbocycles. The van der Waals surface area contributed by atoms with Crippen LogP contribution in [0.5, 0.6) is 0 Å². The first-order valence-electron chi connectivity index (χ1n) is 14.8. The molecule has 0 fully saturated rings. The van der Waals surface area contributed by atoms with Gasteiger partial charge in [-0.1, -0.05) is 60.6 Å². The highest BCUT2D eigenvalue weighted by Crippen LogP contribution is 2.52. The van der Waals surface area contributed by atoms with Gasteiger partial charge in [0.1, 0.15) is 11.9 Å². The van der Waals surface area contributed by atoms with E-state index in [1.54, 1.807) is 0 Å². The number of pyridine rings is 1. The van der Waals surface area contributed by atoms with Crippen LogP contribution in [0.4, 0.5) is 17.6 Å². The maximum absolute atomic E-state index is 15.4. The summed E-state index contributed by atoms with van der Waals surface area (Å²) in [6.07, 6.45) is -2.49. The number of aromatic nitrogens is 1.